The summed E-state index contributed by atoms with van der Waals surface area (Å²) in [5.74, 6) is 0.946. The van der Waals surface area contributed by atoms with Crippen LogP contribution in [0, 0.1) is 12.7 Å². The Balaban J connectivity index is 1.34. The second-order valence-electron chi connectivity index (χ2n) is 7.96. The van der Waals surface area contributed by atoms with E-state index in [0.29, 0.717) is 23.7 Å². The van der Waals surface area contributed by atoms with Crippen LogP contribution in [0.4, 0.5) is 4.39 Å². The van der Waals surface area contributed by atoms with Gasteiger partial charge in [0.05, 0.1) is 5.56 Å². The van der Waals surface area contributed by atoms with Gasteiger partial charge in [-0.2, -0.15) is 0 Å². The third kappa shape index (κ3) is 4.41. The standard InChI is InChI=1S/C29H21FO3/c1-19-15-25(32-18-21-9-13-24(30)14-10-21)17-26-28(19)29(31)27(33-26)16-20-7-11-23(12-8-20)22-5-3-2-4-6-22/h2-17H,18H2,1H3/b27-16-. The number of carbonyl (C=O) groups excluding carboxylic acids is 1. The second kappa shape index (κ2) is 8.75. The van der Waals surface area contributed by atoms with E-state index in [2.05, 4.69) is 12.1 Å². The summed E-state index contributed by atoms with van der Waals surface area (Å²) in [5, 5.41) is 0. The van der Waals surface area contributed by atoms with Gasteiger partial charge in [-0.3, -0.25) is 4.79 Å². The molecule has 0 spiro atoms. The molecule has 0 bridgehead atoms. The first-order valence-corrected chi connectivity index (χ1v) is 10.7. The van der Waals surface area contributed by atoms with Gasteiger partial charge >= 0.3 is 0 Å². The molecule has 1 heterocycles. The van der Waals surface area contributed by atoms with Gasteiger partial charge in [0.1, 0.15) is 23.9 Å². The van der Waals surface area contributed by atoms with E-state index < -0.39 is 0 Å². The average molecular weight is 436 g/mol. The number of fused-ring (bicyclic) bond motifs is 1. The number of aryl methyl sites for hydroxylation is 1. The number of Topliss-reactive ketones (excluding diaryl/α,β-unsaturated/α-hetero) is 1. The summed E-state index contributed by atoms with van der Waals surface area (Å²) in [6.45, 7) is 2.16. The smallest absolute Gasteiger partial charge is 0.232 e. The van der Waals surface area contributed by atoms with E-state index in [1.165, 1.54) is 12.1 Å². The number of hydrogen-bond acceptors (Lipinski definition) is 3. The minimum absolute atomic E-state index is 0.139. The first-order chi connectivity index (χ1) is 16.1. The Morgan fingerprint density at radius 3 is 2.30 bits per heavy atom. The van der Waals surface area contributed by atoms with Crippen molar-refractivity contribution in [1.29, 1.82) is 0 Å². The Labute approximate surface area is 191 Å². The van der Waals surface area contributed by atoms with Crippen LogP contribution in [-0.2, 0) is 6.61 Å². The zero-order valence-electron chi connectivity index (χ0n) is 18.0. The van der Waals surface area contributed by atoms with Gasteiger partial charge in [-0.15, -0.1) is 0 Å². The van der Waals surface area contributed by atoms with Gasteiger partial charge in [0.2, 0.25) is 5.78 Å². The molecule has 0 aliphatic carbocycles. The summed E-state index contributed by atoms with van der Waals surface area (Å²) in [6, 6.07) is 27.8. The Bertz CT molecular complexity index is 1340. The van der Waals surface area contributed by atoms with Gasteiger partial charge in [-0.05, 0) is 59.0 Å². The van der Waals surface area contributed by atoms with Crippen LogP contribution >= 0.6 is 0 Å². The van der Waals surface area contributed by atoms with Gasteiger partial charge < -0.3 is 9.47 Å². The maximum Gasteiger partial charge on any atom is 0.232 e. The van der Waals surface area contributed by atoms with Crippen LogP contribution in [0.3, 0.4) is 0 Å². The van der Waals surface area contributed by atoms with Crippen molar-refractivity contribution >= 4 is 11.9 Å². The van der Waals surface area contributed by atoms with Crippen molar-refractivity contribution in [2.45, 2.75) is 13.5 Å². The van der Waals surface area contributed by atoms with Gasteiger partial charge in [0.15, 0.2) is 5.76 Å². The van der Waals surface area contributed by atoms with Gasteiger partial charge in [0.25, 0.3) is 0 Å². The quantitative estimate of drug-likeness (QED) is 0.316. The molecule has 3 nitrogen and oxygen atoms in total. The van der Waals surface area contributed by atoms with Gasteiger partial charge in [-0.25, -0.2) is 4.39 Å². The second-order valence-corrected chi connectivity index (χ2v) is 7.96. The molecule has 0 saturated heterocycles. The van der Waals surface area contributed by atoms with Crippen LogP contribution in [0.1, 0.15) is 27.0 Å². The summed E-state index contributed by atoms with van der Waals surface area (Å²) < 4.78 is 24.8. The molecule has 0 fully saturated rings. The molecule has 0 saturated carbocycles. The van der Waals surface area contributed by atoms with Crippen LogP contribution < -0.4 is 9.47 Å². The van der Waals surface area contributed by atoms with Crippen molar-refractivity contribution in [3.63, 3.8) is 0 Å². The lowest BCUT2D eigenvalue weighted by molar-refractivity contribution is 0.101. The Hall–Kier alpha value is -4.18. The lowest BCUT2D eigenvalue weighted by atomic mass is 10.0. The predicted octanol–water partition coefficient (Wildman–Crippen LogP) is 7.00. The van der Waals surface area contributed by atoms with Gasteiger partial charge in [-0.1, -0.05) is 66.7 Å². The number of halogens is 1. The normalized spacial score (nSPS) is 13.6. The van der Waals surface area contributed by atoms with Crippen LogP contribution in [0.25, 0.3) is 17.2 Å². The molecule has 0 radical (unpaired) electrons. The Morgan fingerprint density at radius 2 is 1.58 bits per heavy atom. The molecule has 5 rings (SSSR count). The fraction of sp³-hybridized carbons (Fsp3) is 0.0690. The number of ether oxygens (including phenoxy) is 2. The van der Waals surface area contributed by atoms with E-state index in [9.17, 15) is 9.18 Å². The van der Waals surface area contributed by atoms with E-state index in [-0.39, 0.29) is 17.4 Å². The number of carbonyl (C=O) groups is 1. The third-order valence-corrected chi connectivity index (χ3v) is 5.58. The van der Waals surface area contributed by atoms with E-state index >= 15 is 0 Å². The first kappa shape index (κ1) is 20.7. The summed E-state index contributed by atoms with van der Waals surface area (Å²) >= 11 is 0. The number of allylic oxidation sites excluding steroid dienone is 1. The lowest BCUT2D eigenvalue weighted by Gasteiger charge is -2.09. The molecule has 0 unspecified atom stereocenters. The summed E-state index contributed by atoms with van der Waals surface area (Å²) in [7, 11) is 0. The molecule has 0 amide bonds. The monoisotopic (exact) mass is 436 g/mol. The lowest BCUT2D eigenvalue weighted by Crippen LogP contribution is -2.00. The summed E-state index contributed by atoms with van der Waals surface area (Å²) in [5.41, 5.74) is 5.33. The van der Waals surface area contributed by atoms with E-state index in [0.717, 1.165) is 27.8 Å². The highest BCUT2D eigenvalue weighted by atomic mass is 19.1. The SMILES string of the molecule is Cc1cc(OCc2ccc(F)cc2)cc2c1C(=O)/C(=C/c1ccc(-c3ccccc3)cc1)O2. The van der Waals surface area contributed by atoms with Crippen molar-refractivity contribution in [2.75, 3.05) is 0 Å². The molecular formula is C29H21FO3. The highest BCUT2D eigenvalue weighted by Crippen LogP contribution is 2.37. The summed E-state index contributed by atoms with van der Waals surface area (Å²) in [4.78, 5) is 13.0. The molecule has 0 N–H and O–H groups in total. The van der Waals surface area contributed by atoms with Crippen molar-refractivity contribution in [2.24, 2.45) is 0 Å². The largest absolute Gasteiger partial charge is 0.489 e. The van der Waals surface area contributed by atoms with Crippen molar-refractivity contribution < 1.29 is 18.7 Å². The number of ketones is 1. The maximum absolute atomic E-state index is 13.1. The topological polar surface area (TPSA) is 35.5 Å². The van der Waals surface area contributed by atoms with Crippen LogP contribution in [0.2, 0.25) is 0 Å². The predicted molar refractivity (Wildman–Crippen MR) is 127 cm³/mol. The fourth-order valence-electron chi connectivity index (χ4n) is 3.86. The average Bonchev–Trinajstić information content (AvgIpc) is 3.15. The molecule has 0 atom stereocenters. The highest BCUT2D eigenvalue weighted by Gasteiger charge is 2.30. The van der Waals surface area contributed by atoms with Gasteiger partial charge in [0, 0.05) is 6.07 Å². The molecule has 1 aliphatic rings. The Kier molecular flexibility index (Phi) is 5.49. The van der Waals surface area contributed by atoms with Crippen LogP contribution in [0.5, 0.6) is 11.5 Å². The molecule has 33 heavy (non-hydrogen) atoms. The third-order valence-electron chi connectivity index (χ3n) is 5.58. The molecular weight excluding hydrogens is 415 g/mol. The minimum Gasteiger partial charge on any atom is -0.489 e. The van der Waals surface area contributed by atoms with Crippen LogP contribution in [-0.4, -0.2) is 5.78 Å². The van der Waals surface area contributed by atoms with Crippen molar-refractivity contribution in [3.8, 4) is 22.6 Å². The molecule has 4 aromatic rings. The summed E-state index contributed by atoms with van der Waals surface area (Å²) in [6.07, 6.45) is 1.76. The number of hydrogen-bond donors (Lipinski definition) is 0. The number of rotatable bonds is 5. The molecule has 1 aliphatic heterocycles. The zero-order chi connectivity index (χ0) is 22.8. The highest BCUT2D eigenvalue weighted by molar-refractivity contribution is 6.15. The van der Waals surface area contributed by atoms with E-state index in [1.54, 1.807) is 24.3 Å². The molecule has 162 valence electrons. The zero-order valence-corrected chi connectivity index (χ0v) is 18.0. The van der Waals surface area contributed by atoms with Crippen molar-refractivity contribution in [3.05, 3.63) is 125 Å². The van der Waals surface area contributed by atoms with E-state index in [1.807, 2.05) is 55.5 Å². The number of benzene rings is 4. The molecule has 0 aromatic heterocycles. The van der Waals surface area contributed by atoms with Crippen LogP contribution in [0.15, 0.2) is 96.8 Å². The molecule has 4 aromatic carbocycles. The first-order valence-electron chi connectivity index (χ1n) is 10.7. The Morgan fingerprint density at radius 1 is 0.879 bits per heavy atom. The van der Waals surface area contributed by atoms with E-state index in [4.69, 9.17) is 9.47 Å². The fourth-order valence-corrected chi connectivity index (χ4v) is 3.86. The maximum atomic E-state index is 13.1. The van der Waals surface area contributed by atoms with Crippen molar-refractivity contribution in [1.82, 2.24) is 0 Å². The minimum atomic E-state index is -0.284. The molecule has 4 heteroatoms.